The predicted octanol–water partition coefficient (Wildman–Crippen LogP) is 2.48. The van der Waals surface area contributed by atoms with Gasteiger partial charge in [-0.1, -0.05) is 6.07 Å². The summed E-state index contributed by atoms with van der Waals surface area (Å²) in [6, 6.07) is 6.72. The highest BCUT2D eigenvalue weighted by molar-refractivity contribution is 5.52. The molecular weight excluding hydrogens is 248 g/mol. The molecule has 0 aliphatic carbocycles. The Morgan fingerprint density at radius 1 is 1.20 bits per heavy atom. The standard InChI is InChI=1S/C16H24N4/c1-11-6-12(2)8-14(7-11)19(4)16(9-17)15-10-18-20(5)13(15)3/h6-8,10,16H,9,17H2,1-5H3. The number of aryl methyl sites for hydroxylation is 3. The Bertz CT molecular complexity index is 580. The van der Waals surface area contributed by atoms with Crippen LogP contribution in [0.4, 0.5) is 5.69 Å². The molecule has 0 spiro atoms. The van der Waals surface area contributed by atoms with E-state index in [0.717, 1.165) is 5.69 Å². The Balaban J connectivity index is 2.38. The van der Waals surface area contributed by atoms with E-state index in [1.54, 1.807) is 0 Å². The van der Waals surface area contributed by atoms with Crippen molar-refractivity contribution in [1.29, 1.82) is 0 Å². The summed E-state index contributed by atoms with van der Waals surface area (Å²) in [6.45, 7) is 6.89. The van der Waals surface area contributed by atoms with Gasteiger partial charge in [-0.05, 0) is 44.0 Å². The van der Waals surface area contributed by atoms with Gasteiger partial charge in [0.25, 0.3) is 0 Å². The van der Waals surface area contributed by atoms with Gasteiger partial charge in [0.05, 0.1) is 12.2 Å². The molecule has 1 heterocycles. The summed E-state index contributed by atoms with van der Waals surface area (Å²) >= 11 is 0. The second-order valence-corrected chi connectivity index (χ2v) is 5.52. The Hall–Kier alpha value is -1.81. The lowest BCUT2D eigenvalue weighted by Crippen LogP contribution is -2.30. The smallest absolute Gasteiger partial charge is 0.0694 e. The molecule has 1 aromatic heterocycles. The molecule has 2 N–H and O–H groups in total. The molecule has 2 rings (SSSR count). The molecule has 0 saturated heterocycles. The molecule has 0 radical (unpaired) electrons. The summed E-state index contributed by atoms with van der Waals surface area (Å²) < 4.78 is 1.90. The summed E-state index contributed by atoms with van der Waals surface area (Å²) in [5.41, 5.74) is 12.1. The first-order valence-corrected chi connectivity index (χ1v) is 6.93. The number of likely N-dealkylation sites (N-methyl/N-ethyl adjacent to an activating group) is 1. The topological polar surface area (TPSA) is 47.1 Å². The number of aromatic nitrogens is 2. The van der Waals surface area contributed by atoms with E-state index in [4.69, 9.17) is 5.73 Å². The van der Waals surface area contributed by atoms with Crippen LogP contribution < -0.4 is 10.6 Å². The average Bonchev–Trinajstić information content (AvgIpc) is 2.71. The number of nitrogens with two attached hydrogens (primary N) is 1. The third-order valence-electron chi connectivity index (χ3n) is 3.94. The predicted molar refractivity (Wildman–Crippen MR) is 84.1 cm³/mol. The van der Waals surface area contributed by atoms with E-state index < -0.39 is 0 Å². The van der Waals surface area contributed by atoms with Crippen molar-refractivity contribution < 1.29 is 0 Å². The maximum Gasteiger partial charge on any atom is 0.0694 e. The van der Waals surface area contributed by atoms with Crippen LogP contribution in [-0.2, 0) is 7.05 Å². The van der Waals surface area contributed by atoms with E-state index in [0.29, 0.717) is 6.54 Å². The molecule has 0 saturated carbocycles. The fourth-order valence-corrected chi connectivity index (χ4v) is 2.67. The van der Waals surface area contributed by atoms with Gasteiger partial charge in [0.1, 0.15) is 0 Å². The third kappa shape index (κ3) is 2.70. The van der Waals surface area contributed by atoms with Gasteiger partial charge in [-0.2, -0.15) is 5.10 Å². The van der Waals surface area contributed by atoms with Crippen molar-refractivity contribution in [3.63, 3.8) is 0 Å². The van der Waals surface area contributed by atoms with Crippen molar-refractivity contribution in [3.05, 3.63) is 46.8 Å². The average molecular weight is 272 g/mol. The maximum absolute atomic E-state index is 6.02. The Labute approximate surface area is 121 Å². The zero-order chi connectivity index (χ0) is 14.9. The zero-order valence-electron chi connectivity index (χ0n) is 13.0. The second-order valence-electron chi connectivity index (χ2n) is 5.52. The monoisotopic (exact) mass is 272 g/mol. The SMILES string of the molecule is Cc1cc(C)cc(N(C)C(CN)c2cnn(C)c2C)c1. The highest BCUT2D eigenvalue weighted by Crippen LogP contribution is 2.28. The van der Waals surface area contributed by atoms with Crippen LogP contribution in [0.5, 0.6) is 0 Å². The maximum atomic E-state index is 6.02. The molecule has 0 fully saturated rings. The highest BCUT2D eigenvalue weighted by atomic mass is 15.3. The number of nitrogens with zero attached hydrogens (tertiary/aromatic N) is 3. The Morgan fingerprint density at radius 3 is 2.25 bits per heavy atom. The molecule has 1 atom stereocenters. The van der Waals surface area contributed by atoms with Crippen molar-refractivity contribution in [2.45, 2.75) is 26.8 Å². The molecule has 0 aliphatic rings. The van der Waals surface area contributed by atoms with E-state index in [2.05, 4.69) is 56.0 Å². The molecule has 4 heteroatoms. The molecule has 4 nitrogen and oxygen atoms in total. The normalized spacial score (nSPS) is 12.5. The largest absolute Gasteiger partial charge is 0.366 e. The minimum absolute atomic E-state index is 0.143. The van der Waals surface area contributed by atoms with Crippen LogP contribution in [0.15, 0.2) is 24.4 Å². The van der Waals surface area contributed by atoms with Gasteiger partial charge in [0.15, 0.2) is 0 Å². The number of benzene rings is 1. The van der Waals surface area contributed by atoms with Gasteiger partial charge >= 0.3 is 0 Å². The Kier molecular flexibility index (Phi) is 4.14. The van der Waals surface area contributed by atoms with Crippen molar-refractivity contribution in [3.8, 4) is 0 Å². The molecular formula is C16H24N4. The van der Waals surface area contributed by atoms with E-state index >= 15 is 0 Å². The first-order chi connectivity index (χ1) is 9.43. The summed E-state index contributed by atoms with van der Waals surface area (Å²) in [6.07, 6.45) is 1.92. The molecule has 0 amide bonds. The van der Waals surface area contributed by atoms with Crippen molar-refractivity contribution >= 4 is 5.69 Å². The first kappa shape index (κ1) is 14.6. The van der Waals surface area contributed by atoms with Gasteiger partial charge in [0, 0.05) is 37.6 Å². The molecule has 0 aliphatic heterocycles. The van der Waals surface area contributed by atoms with Crippen molar-refractivity contribution in [2.24, 2.45) is 12.8 Å². The van der Waals surface area contributed by atoms with Gasteiger partial charge in [-0.15, -0.1) is 0 Å². The molecule has 1 aromatic carbocycles. The summed E-state index contributed by atoms with van der Waals surface area (Å²) in [5.74, 6) is 0. The third-order valence-corrected chi connectivity index (χ3v) is 3.94. The van der Waals surface area contributed by atoms with Gasteiger partial charge in [-0.3, -0.25) is 4.68 Å². The number of anilines is 1. The van der Waals surface area contributed by atoms with Crippen LogP contribution in [0, 0.1) is 20.8 Å². The van der Waals surface area contributed by atoms with Crippen LogP contribution in [0.3, 0.4) is 0 Å². The molecule has 2 aromatic rings. The van der Waals surface area contributed by atoms with E-state index in [-0.39, 0.29) is 6.04 Å². The molecule has 1 unspecified atom stereocenters. The second kappa shape index (κ2) is 5.67. The summed E-state index contributed by atoms with van der Waals surface area (Å²) in [4.78, 5) is 2.24. The lowest BCUT2D eigenvalue weighted by molar-refractivity contribution is 0.669. The highest BCUT2D eigenvalue weighted by Gasteiger charge is 2.20. The van der Waals surface area contributed by atoms with E-state index in [1.165, 1.54) is 22.4 Å². The van der Waals surface area contributed by atoms with Crippen molar-refractivity contribution in [1.82, 2.24) is 9.78 Å². The van der Waals surface area contributed by atoms with Gasteiger partial charge in [0.2, 0.25) is 0 Å². The number of hydrogen-bond acceptors (Lipinski definition) is 3. The lowest BCUT2D eigenvalue weighted by atomic mass is 10.0. The molecule has 20 heavy (non-hydrogen) atoms. The van der Waals surface area contributed by atoms with Crippen molar-refractivity contribution in [2.75, 3.05) is 18.5 Å². The quantitative estimate of drug-likeness (QED) is 0.930. The van der Waals surface area contributed by atoms with Crippen LogP contribution in [0.2, 0.25) is 0 Å². The van der Waals surface area contributed by atoms with Crippen LogP contribution >= 0.6 is 0 Å². The molecule has 108 valence electrons. The summed E-state index contributed by atoms with van der Waals surface area (Å²) in [5, 5.41) is 4.33. The fourth-order valence-electron chi connectivity index (χ4n) is 2.67. The van der Waals surface area contributed by atoms with Crippen LogP contribution in [-0.4, -0.2) is 23.4 Å². The van der Waals surface area contributed by atoms with Crippen LogP contribution in [0.25, 0.3) is 0 Å². The summed E-state index contributed by atoms with van der Waals surface area (Å²) in [7, 11) is 4.06. The number of rotatable bonds is 4. The molecule has 0 bridgehead atoms. The van der Waals surface area contributed by atoms with E-state index in [1.807, 2.05) is 17.9 Å². The number of hydrogen-bond donors (Lipinski definition) is 1. The zero-order valence-corrected chi connectivity index (χ0v) is 13.0. The van der Waals surface area contributed by atoms with Gasteiger partial charge < -0.3 is 10.6 Å². The minimum atomic E-state index is 0.143. The lowest BCUT2D eigenvalue weighted by Gasteiger charge is -2.29. The minimum Gasteiger partial charge on any atom is -0.366 e. The van der Waals surface area contributed by atoms with E-state index in [9.17, 15) is 0 Å². The van der Waals surface area contributed by atoms with Gasteiger partial charge in [-0.25, -0.2) is 0 Å². The Morgan fingerprint density at radius 2 is 1.80 bits per heavy atom. The first-order valence-electron chi connectivity index (χ1n) is 6.93. The fraction of sp³-hybridized carbons (Fsp3) is 0.438. The van der Waals surface area contributed by atoms with Crippen LogP contribution in [0.1, 0.15) is 28.4 Å².